The molecule has 0 aromatic carbocycles. The van der Waals surface area contributed by atoms with E-state index >= 15 is 0 Å². The third kappa shape index (κ3) is 1.88. The Morgan fingerprint density at radius 1 is 1.25 bits per heavy atom. The minimum atomic E-state index is -0.793. The standard InChI is InChI=1S/C16H22N2O2/c1-9-2-14(18(17-9)8-15(19)20)16-12-4-10-3-11(6-12)7-13(16)5-10/h2,10-13,16H,3-8H2,1H3,(H,19,20). The molecule has 4 heteroatoms. The van der Waals surface area contributed by atoms with Crippen LogP contribution in [0.5, 0.6) is 0 Å². The van der Waals surface area contributed by atoms with Crippen LogP contribution in [-0.4, -0.2) is 20.9 Å². The van der Waals surface area contributed by atoms with E-state index in [-0.39, 0.29) is 6.54 Å². The number of aliphatic carboxylic acids is 1. The predicted octanol–water partition coefficient (Wildman–Crippen LogP) is 2.82. The van der Waals surface area contributed by atoms with Crippen molar-refractivity contribution in [3.63, 3.8) is 0 Å². The third-order valence-corrected chi connectivity index (χ3v) is 5.79. The number of nitrogens with zero attached hydrogens (tertiary/aromatic N) is 2. The summed E-state index contributed by atoms with van der Waals surface area (Å²) >= 11 is 0. The molecule has 0 amide bonds. The van der Waals surface area contributed by atoms with Gasteiger partial charge < -0.3 is 5.11 Å². The van der Waals surface area contributed by atoms with Gasteiger partial charge in [-0.05, 0) is 68.8 Å². The van der Waals surface area contributed by atoms with Gasteiger partial charge in [-0.3, -0.25) is 9.48 Å². The fourth-order valence-electron chi connectivity index (χ4n) is 5.50. The number of carboxylic acid groups (broad SMARTS) is 1. The smallest absolute Gasteiger partial charge is 0.325 e. The monoisotopic (exact) mass is 274 g/mol. The SMILES string of the molecule is Cc1cc(C2C3CC4CC(C3)CC2C4)n(CC(=O)O)n1. The topological polar surface area (TPSA) is 55.1 Å². The summed E-state index contributed by atoms with van der Waals surface area (Å²) in [5.74, 6) is 3.21. The van der Waals surface area contributed by atoms with E-state index in [2.05, 4.69) is 11.2 Å². The lowest BCUT2D eigenvalue weighted by molar-refractivity contribution is -0.138. The van der Waals surface area contributed by atoms with Crippen LogP contribution in [-0.2, 0) is 11.3 Å². The highest BCUT2D eigenvalue weighted by atomic mass is 16.4. The minimum absolute atomic E-state index is 0.00592. The minimum Gasteiger partial charge on any atom is -0.480 e. The predicted molar refractivity (Wildman–Crippen MR) is 74.4 cm³/mol. The Hall–Kier alpha value is -1.32. The van der Waals surface area contributed by atoms with Gasteiger partial charge in [-0.15, -0.1) is 0 Å². The zero-order valence-electron chi connectivity index (χ0n) is 12.0. The van der Waals surface area contributed by atoms with Gasteiger partial charge in [0.15, 0.2) is 0 Å². The molecule has 0 saturated heterocycles. The van der Waals surface area contributed by atoms with Crippen LogP contribution in [0.15, 0.2) is 6.07 Å². The summed E-state index contributed by atoms with van der Waals surface area (Å²) in [6, 6.07) is 2.13. The molecule has 5 rings (SSSR count). The molecule has 4 fully saturated rings. The van der Waals surface area contributed by atoms with Gasteiger partial charge in [0.25, 0.3) is 0 Å². The normalized spacial score (nSPS) is 38.4. The Balaban J connectivity index is 1.69. The number of carbonyl (C=O) groups is 1. The Bertz CT molecular complexity index is 521. The molecule has 1 aromatic rings. The molecule has 4 bridgehead atoms. The average Bonchev–Trinajstić information content (AvgIpc) is 2.67. The molecule has 4 aliphatic carbocycles. The van der Waals surface area contributed by atoms with E-state index in [1.165, 1.54) is 37.8 Å². The first-order valence-electron chi connectivity index (χ1n) is 7.86. The number of hydrogen-bond donors (Lipinski definition) is 1. The molecule has 0 radical (unpaired) electrons. The molecular formula is C16H22N2O2. The van der Waals surface area contributed by atoms with E-state index in [1.54, 1.807) is 4.68 Å². The molecule has 1 aromatic heterocycles. The van der Waals surface area contributed by atoms with E-state index in [0.29, 0.717) is 5.92 Å². The lowest BCUT2D eigenvalue weighted by Gasteiger charge is -2.54. The lowest BCUT2D eigenvalue weighted by atomic mass is 9.51. The number of rotatable bonds is 3. The van der Waals surface area contributed by atoms with Crippen molar-refractivity contribution in [2.24, 2.45) is 23.7 Å². The summed E-state index contributed by atoms with van der Waals surface area (Å²) < 4.78 is 1.75. The molecule has 20 heavy (non-hydrogen) atoms. The second-order valence-electron chi connectivity index (χ2n) is 7.22. The van der Waals surface area contributed by atoms with E-state index in [0.717, 1.165) is 29.4 Å². The third-order valence-electron chi connectivity index (χ3n) is 5.79. The van der Waals surface area contributed by atoms with Crippen LogP contribution < -0.4 is 0 Å². The maximum absolute atomic E-state index is 11.1. The van der Waals surface area contributed by atoms with Gasteiger partial charge in [-0.1, -0.05) is 0 Å². The van der Waals surface area contributed by atoms with Crippen molar-refractivity contribution in [1.29, 1.82) is 0 Å². The van der Waals surface area contributed by atoms with Gasteiger partial charge >= 0.3 is 5.97 Å². The average molecular weight is 274 g/mol. The van der Waals surface area contributed by atoms with E-state index in [1.807, 2.05) is 6.92 Å². The van der Waals surface area contributed by atoms with Crippen molar-refractivity contribution in [2.75, 3.05) is 0 Å². The summed E-state index contributed by atoms with van der Waals surface area (Å²) in [4.78, 5) is 11.1. The molecular weight excluding hydrogens is 252 g/mol. The first kappa shape index (κ1) is 12.4. The van der Waals surface area contributed by atoms with Gasteiger partial charge in [0.05, 0.1) is 5.69 Å². The largest absolute Gasteiger partial charge is 0.480 e. The number of carboxylic acids is 1. The maximum Gasteiger partial charge on any atom is 0.325 e. The number of aryl methyl sites for hydroxylation is 1. The highest BCUT2D eigenvalue weighted by Crippen LogP contribution is 2.59. The summed E-state index contributed by atoms with van der Waals surface area (Å²) in [7, 11) is 0. The van der Waals surface area contributed by atoms with Crippen LogP contribution >= 0.6 is 0 Å². The van der Waals surface area contributed by atoms with Crippen LogP contribution in [0.25, 0.3) is 0 Å². The van der Waals surface area contributed by atoms with Gasteiger partial charge in [-0.2, -0.15) is 5.10 Å². The zero-order chi connectivity index (χ0) is 13.9. The molecule has 1 N–H and O–H groups in total. The van der Waals surface area contributed by atoms with Crippen molar-refractivity contribution < 1.29 is 9.90 Å². The van der Waals surface area contributed by atoms with Gasteiger partial charge in [-0.25, -0.2) is 0 Å². The molecule has 108 valence electrons. The molecule has 0 aliphatic heterocycles. The summed E-state index contributed by atoms with van der Waals surface area (Å²) in [6.45, 7) is 1.98. The quantitative estimate of drug-likeness (QED) is 0.922. The van der Waals surface area contributed by atoms with E-state index < -0.39 is 5.97 Å². The summed E-state index contributed by atoms with van der Waals surface area (Å²) in [6.07, 6.45) is 6.88. The Morgan fingerprint density at radius 3 is 2.40 bits per heavy atom. The van der Waals surface area contributed by atoms with Crippen molar-refractivity contribution in [3.8, 4) is 0 Å². The van der Waals surface area contributed by atoms with Crippen LogP contribution in [0.1, 0.15) is 49.4 Å². The Labute approximate surface area is 119 Å². The van der Waals surface area contributed by atoms with E-state index in [4.69, 9.17) is 5.11 Å². The lowest BCUT2D eigenvalue weighted by Crippen LogP contribution is -2.44. The van der Waals surface area contributed by atoms with Crippen LogP contribution in [0.3, 0.4) is 0 Å². The highest BCUT2D eigenvalue weighted by Gasteiger charge is 2.49. The Kier molecular flexibility index (Phi) is 2.69. The second kappa shape index (κ2) is 4.34. The maximum atomic E-state index is 11.1. The molecule has 0 spiro atoms. The van der Waals surface area contributed by atoms with Gasteiger partial charge in [0.1, 0.15) is 6.54 Å². The van der Waals surface area contributed by atoms with Gasteiger partial charge in [0, 0.05) is 11.6 Å². The van der Waals surface area contributed by atoms with Crippen molar-refractivity contribution >= 4 is 5.97 Å². The van der Waals surface area contributed by atoms with Crippen LogP contribution in [0, 0.1) is 30.6 Å². The molecule has 4 nitrogen and oxygen atoms in total. The Morgan fingerprint density at radius 2 is 1.85 bits per heavy atom. The highest BCUT2D eigenvalue weighted by molar-refractivity contribution is 5.66. The van der Waals surface area contributed by atoms with E-state index in [9.17, 15) is 4.79 Å². The fraction of sp³-hybridized carbons (Fsp3) is 0.750. The number of aromatic nitrogens is 2. The molecule has 4 aliphatic rings. The summed E-state index contributed by atoms with van der Waals surface area (Å²) in [5, 5.41) is 13.5. The van der Waals surface area contributed by atoms with Crippen LogP contribution in [0.2, 0.25) is 0 Å². The van der Waals surface area contributed by atoms with Gasteiger partial charge in [0.2, 0.25) is 0 Å². The van der Waals surface area contributed by atoms with Crippen LogP contribution in [0.4, 0.5) is 0 Å². The zero-order valence-corrected chi connectivity index (χ0v) is 12.0. The van der Waals surface area contributed by atoms with Crippen molar-refractivity contribution in [1.82, 2.24) is 9.78 Å². The molecule has 0 unspecified atom stereocenters. The molecule has 0 atom stereocenters. The summed E-state index contributed by atoms with van der Waals surface area (Å²) in [5.41, 5.74) is 2.15. The first-order chi connectivity index (χ1) is 9.60. The second-order valence-corrected chi connectivity index (χ2v) is 7.22. The molecule has 1 heterocycles. The first-order valence-corrected chi connectivity index (χ1v) is 7.86. The molecule has 4 saturated carbocycles. The van der Waals surface area contributed by atoms with Crippen molar-refractivity contribution in [3.05, 3.63) is 17.5 Å². The number of hydrogen-bond acceptors (Lipinski definition) is 2. The fourth-order valence-corrected chi connectivity index (χ4v) is 5.50. The van der Waals surface area contributed by atoms with Crippen molar-refractivity contribution in [2.45, 2.75) is 51.5 Å².